The highest BCUT2D eigenvalue weighted by molar-refractivity contribution is 9.13. The number of nitrogens with zero attached hydrogens (tertiary/aromatic N) is 3. The predicted octanol–water partition coefficient (Wildman–Crippen LogP) is 7.59. The van der Waals surface area contributed by atoms with Crippen molar-refractivity contribution >= 4 is 64.9 Å². The topological polar surface area (TPSA) is 65.7 Å². The van der Waals surface area contributed by atoms with Gasteiger partial charge in [0.25, 0.3) is 5.56 Å². The Balaban J connectivity index is 1.73. The quantitative estimate of drug-likeness (QED) is 0.189. The number of fused-ring (bicyclic) bond motifs is 1. The molecule has 3 aromatic carbocycles. The number of ether oxygens (including phenoxy) is 2. The van der Waals surface area contributed by atoms with Crippen LogP contribution in [-0.4, -0.2) is 23.0 Å². The van der Waals surface area contributed by atoms with Crippen molar-refractivity contribution in [3.8, 4) is 11.5 Å². The van der Waals surface area contributed by atoms with E-state index < -0.39 is 0 Å². The fourth-order valence-corrected chi connectivity index (χ4v) is 4.89. The third kappa shape index (κ3) is 5.58. The molecule has 4 rings (SSSR count). The molecular weight excluding hydrogens is 654 g/mol. The lowest BCUT2D eigenvalue weighted by Crippen LogP contribution is -2.23. The van der Waals surface area contributed by atoms with E-state index in [-0.39, 0.29) is 11.5 Å². The lowest BCUT2D eigenvalue weighted by molar-refractivity contribution is 0.282. The van der Waals surface area contributed by atoms with Gasteiger partial charge in [-0.15, -0.1) is 0 Å². The van der Waals surface area contributed by atoms with Crippen LogP contribution in [0.15, 0.2) is 71.8 Å². The van der Waals surface area contributed by atoms with Gasteiger partial charge in [0.05, 0.1) is 28.7 Å². The predicted molar refractivity (Wildman–Crippen MR) is 155 cm³/mol. The Kier molecular flexibility index (Phi) is 8.32. The first-order valence-corrected chi connectivity index (χ1v) is 13.6. The second kappa shape index (κ2) is 11.3. The minimum atomic E-state index is -0.235. The minimum Gasteiger partial charge on any atom is -0.493 e. The van der Waals surface area contributed by atoms with Gasteiger partial charge >= 0.3 is 0 Å². The van der Waals surface area contributed by atoms with Gasteiger partial charge in [0.2, 0.25) is 0 Å². The van der Waals surface area contributed by atoms with Gasteiger partial charge in [0.1, 0.15) is 12.4 Å². The second-order valence-corrected chi connectivity index (χ2v) is 11.0. The first kappa shape index (κ1) is 26.6. The van der Waals surface area contributed by atoms with Crippen molar-refractivity contribution in [1.29, 1.82) is 0 Å². The zero-order chi connectivity index (χ0) is 26.0. The molecule has 0 aliphatic carbocycles. The molecule has 36 heavy (non-hydrogen) atoms. The molecule has 186 valence electrons. The van der Waals surface area contributed by atoms with Gasteiger partial charge in [0.15, 0.2) is 11.5 Å². The van der Waals surface area contributed by atoms with E-state index in [0.717, 1.165) is 14.5 Å². The maximum absolute atomic E-state index is 13.3. The molecule has 0 aliphatic rings. The Morgan fingerprint density at radius 1 is 1.06 bits per heavy atom. The Hall–Kier alpha value is -2.49. The molecule has 9 heteroatoms. The highest BCUT2D eigenvalue weighted by atomic mass is 79.9. The largest absolute Gasteiger partial charge is 0.493 e. The Labute approximate surface area is 234 Å². The average Bonchev–Trinajstić information content (AvgIpc) is 2.86. The van der Waals surface area contributed by atoms with E-state index in [4.69, 9.17) is 14.5 Å². The second-order valence-electron chi connectivity index (χ2n) is 8.55. The van der Waals surface area contributed by atoms with Crippen LogP contribution in [-0.2, 0) is 6.61 Å². The van der Waals surface area contributed by atoms with Crippen LogP contribution in [0.4, 0.5) is 0 Å². The molecule has 0 radical (unpaired) electrons. The number of rotatable bonds is 7. The number of benzene rings is 3. The molecular formula is C27H24Br3N3O3. The van der Waals surface area contributed by atoms with E-state index >= 15 is 0 Å². The van der Waals surface area contributed by atoms with Crippen LogP contribution in [0.25, 0.3) is 10.9 Å². The SMILES string of the molecule is COc1cc(C=Nn2c(C(C)C)nc3ccc(Br)cc3c2=O)c(Br)c(Br)c1OCc1ccc(C)cc1. The summed E-state index contributed by atoms with van der Waals surface area (Å²) >= 11 is 10.7. The minimum absolute atomic E-state index is 0.00911. The van der Waals surface area contributed by atoms with Crippen LogP contribution in [0.1, 0.15) is 42.3 Å². The Morgan fingerprint density at radius 3 is 2.44 bits per heavy atom. The van der Waals surface area contributed by atoms with E-state index in [1.165, 1.54) is 10.2 Å². The van der Waals surface area contributed by atoms with Crippen molar-refractivity contribution in [2.24, 2.45) is 5.10 Å². The standard InChI is InChI=1S/C27H24Br3N3O3/c1-15(2)26-32-21-10-9-19(28)12-20(21)27(34)33(26)31-13-18-11-22(35-4)25(24(30)23(18)29)36-14-17-7-5-16(3)6-8-17/h5-13,15H,14H2,1-4H3. The third-order valence-electron chi connectivity index (χ3n) is 5.54. The van der Waals surface area contributed by atoms with Crippen molar-refractivity contribution in [1.82, 2.24) is 9.66 Å². The molecule has 0 atom stereocenters. The number of aryl methyl sites for hydroxylation is 1. The van der Waals surface area contributed by atoms with Crippen LogP contribution in [0.3, 0.4) is 0 Å². The van der Waals surface area contributed by atoms with Gasteiger partial charge in [-0.3, -0.25) is 4.79 Å². The van der Waals surface area contributed by atoms with E-state index in [1.54, 1.807) is 19.4 Å². The number of hydrogen-bond donors (Lipinski definition) is 0. The first-order chi connectivity index (χ1) is 17.2. The highest BCUT2D eigenvalue weighted by Gasteiger charge is 2.18. The van der Waals surface area contributed by atoms with Gasteiger partial charge in [0, 0.05) is 20.4 Å². The fraction of sp³-hybridized carbons (Fsp3) is 0.222. The average molecular weight is 678 g/mol. The van der Waals surface area contributed by atoms with Crippen molar-refractivity contribution in [2.45, 2.75) is 33.3 Å². The zero-order valence-corrected chi connectivity index (χ0v) is 24.9. The molecule has 1 heterocycles. The van der Waals surface area contributed by atoms with E-state index in [0.29, 0.717) is 44.9 Å². The van der Waals surface area contributed by atoms with E-state index in [1.807, 2.05) is 63.2 Å². The summed E-state index contributed by atoms with van der Waals surface area (Å²) in [4.78, 5) is 18.0. The maximum Gasteiger partial charge on any atom is 0.282 e. The van der Waals surface area contributed by atoms with E-state index in [2.05, 4.69) is 52.9 Å². The molecule has 1 aromatic heterocycles. The summed E-state index contributed by atoms with van der Waals surface area (Å²) in [6.45, 7) is 6.40. The molecule has 0 N–H and O–H groups in total. The van der Waals surface area contributed by atoms with Crippen LogP contribution in [0.5, 0.6) is 11.5 Å². The summed E-state index contributed by atoms with van der Waals surface area (Å²) in [5.74, 6) is 1.67. The van der Waals surface area contributed by atoms with Gasteiger partial charge < -0.3 is 9.47 Å². The molecule has 0 unspecified atom stereocenters. The summed E-state index contributed by atoms with van der Waals surface area (Å²) in [7, 11) is 1.59. The number of halogens is 3. The molecule has 0 spiro atoms. The zero-order valence-electron chi connectivity index (χ0n) is 20.2. The number of hydrogen-bond acceptors (Lipinski definition) is 5. The van der Waals surface area contributed by atoms with Crippen LogP contribution >= 0.6 is 47.8 Å². The first-order valence-electron chi connectivity index (χ1n) is 11.2. The lowest BCUT2D eigenvalue weighted by atomic mass is 10.1. The molecule has 4 aromatic rings. The summed E-state index contributed by atoms with van der Waals surface area (Å²) in [6, 6.07) is 15.4. The van der Waals surface area contributed by atoms with Gasteiger partial charge in [-0.25, -0.2) is 4.98 Å². The molecule has 0 fully saturated rings. The Morgan fingerprint density at radius 2 is 1.78 bits per heavy atom. The molecule has 0 saturated carbocycles. The van der Waals surface area contributed by atoms with Crippen LogP contribution in [0, 0.1) is 6.92 Å². The maximum atomic E-state index is 13.3. The normalized spacial score (nSPS) is 11.6. The van der Waals surface area contributed by atoms with Crippen molar-refractivity contribution in [3.63, 3.8) is 0 Å². The van der Waals surface area contributed by atoms with E-state index in [9.17, 15) is 4.79 Å². The van der Waals surface area contributed by atoms with Gasteiger partial charge in [-0.05, 0) is 68.6 Å². The molecule has 0 bridgehead atoms. The lowest BCUT2D eigenvalue weighted by Gasteiger charge is -2.16. The van der Waals surface area contributed by atoms with Crippen molar-refractivity contribution < 1.29 is 9.47 Å². The van der Waals surface area contributed by atoms with Gasteiger partial charge in [-0.2, -0.15) is 9.78 Å². The Bertz CT molecular complexity index is 1510. The number of methoxy groups -OCH3 is 1. The highest BCUT2D eigenvalue weighted by Crippen LogP contribution is 2.42. The summed E-state index contributed by atoms with van der Waals surface area (Å²) in [5, 5.41) is 5.03. The smallest absolute Gasteiger partial charge is 0.282 e. The monoisotopic (exact) mass is 675 g/mol. The molecule has 0 amide bonds. The summed E-state index contributed by atoms with van der Waals surface area (Å²) in [5.41, 5.74) is 3.35. The molecule has 0 aliphatic heterocycles. The van der Waals surface area contributed by atoms with Crippen molar-refractivity contribution in [2.75, 3.05) is 7.11 Å². The van der Waals surface area contributed by atoms with Crippen LogP contribution < -0.4 is 15.0 Å². The van der Waals surface area contributed by atoms with Crippen molar-refractivity contribution in [3.05, 3.63) is 94.8 Å². The fourth-order valence-electron chi connectivity index (χ4n) is 3.60. The van der Waals surface area contributed by atoms with Gasteiger partial charge in [-0.1, -0.05) is 59.6 Å². The van der Waals surface area contributed by atoms with Crippen LogP contribution in [0.2, 0.25) is 0 Å². The molecule has 0 saturated heterocycles. The summed E-state index contributed by atoms with van der Waals surface area (Å²) < 4.78 is 15.3. The summed E-state index contributed by atoms with van der Waals surface area (Å²) in [6.07, 6.45) is 1.61. The third-order valence-corrected chi connectivity index (χ3v) is 8.18. The number of aromatic nitrogens is 2. The molecule has 6 nitrogen and oxygen atoms in total.